The zero-order chi connectivity index (χ0) is 35.4. The molecule has 49 heavy (non-hydrogen) atoms. The number of hydrogen-bond donors (Lipinski definition) is 5. The van der Waals surface area contributed by atoms with Gasteiger partial charge in [0.2, 0.25) is 11.5 Å². The highest BCUT2D eigenvalue weighted by atomic mass is 16.6. The van der Waals surface area contributed by atoms with Gasteiger partial charge in [-0.15, -0.1) is 0 Å². The quantitative estimate of drug-likeness (QED) is 0.235. The van der Waals surface area contributed by atoms with Crippen LogP contribution in [0.15, 0.2) is 77.9 Å². The van der Waals surface area contributed by atoms with E-state index in [4.69, 9.17) is 15.2 Å². The molecule has 11 heteroatoms. The first-order chi connectivity index (χ1) is 23.3. The van der Waals surface area contributed by atoms with Gasteiger partial charge in [0.15, 0.2) is 5.78 Å². The normalized spacial score (nSPS) is 42.2. The number of ether oxygens (including phenoxy) is 2. The number of benzene rings is 1. The van der Waals surface area contributed by atoms with Gasteiger partial charge in [-0.25, -0.2) is 4.79 Å². The molecule has 2 heterocycles. The largest absolute Gasteiger partial charge is 0.445 e. The molecule has 5 aliphatic rings. The minimum Gasteiger partial charge on any atom is -0.445 e. The molecular formula is C38H46N2O9. The average Bonchev–Trinajstić information content (AvgIpc) is 3.50. The number of rotatable bonds is 4. The summed E-state index contributed by atoms with van der Waals surface area (Å²) in [6.45, 7) is 8.11. The van der Waals surface area contributed by atoms with E-state index < -0.39 is 82.9 Å². The fraction of sp³-hybridized carbons (Fsp3) is 0.526. The molecule has 0 bridgehead atoms. The lowest BCUT2D eigenvalue weighted by atomic mass is 9.54. The first kappa shape index (κ1) is 34.9. The summed E-state index contributed by atoms with van der Waals surface area (Å²) >= 11 is 0. The van der Waals surface area contributed by atoms with Gasteiger partial charge in [-0.2, -0.15) is 0 Å². The number of carbonyl (C=O) groups is 4. The van der Waals surface area contributed by atoms with Gasteiger partial charge in [-0.05, 0) is 54.2 Å². The van der Waals surface area contributed by atoms with Crippen molar-refractivity contribution in [3.63, 3.8) is 0 Å². The number of carbonyl (C=O) groups excluding carboxylic acids is 4. The number of methoxy groups -OCH3 is 1. The Bertz CT molecular complexity index is 1630. The molecule has 1 saturated heterocycles. The first-order valence-corrected chi connectivity index (χ1v) is 17.1. The summed E-state index contributed by atoms with van der Waals surface area (Å²) in [7, 11) is 1.34. The predicted molar refractivity (Wildman–Crippen MR) is 178 cm³/mol. The minimum atomic E-state index is -1.88. The molecule has 1 aromatic carbocycles. The van der Waals surface area contributed by atoms with Crippen LogP contribution in [0.5, 0.6) is 0 Å². The van der Waals surface area contributed by atoms with Crippen molar-refractivity contribution in [3.8, 4) is 0 Å². The van der Waals surface area contributed by atoms with E-state index in [0.717, 1.165) is 11.6 Å². The van der Waals surface area contributed by atoms with Crippen molar-refractivity contribution in [2.24, 2.45) is 40.7 Å². The molecule has 0 radical (unpaired) electrons. The third-order valence-corrected chi connectivity index (χ3v) is 11.9. The summed E-state index contributed by atoms with van der Waals surface area (Å²) in [4.78, 5) is 55.2. The lowest BCUT2D eigenvalue weighted by Crippen LogP contribution is -2.70. The molecule has 1 aromatic rings. The summed E-state index contributed by atoms with van der Waals surface area (Å²) in [5.41, 5.74) is 3.75. The number of aliphatic hydroxyl groups excluding tert-OH is 3. The van der Waals surface area contributed by atoms with Gasteiger partial charge in [0.05, 0.1) is 30.3 Å². The molecule has 3 aliphatic carbocycles. The molecule has 0 aromatic heterocycles. The average molecular weight is 675 g/mol. The van der Waals surface area contributed by atoms with Crippen molar-refractivity contribution in [1.29, 1.82) is 0 Å². The fourth-order valence-corrected chi connectivity index (χ4v) is 9.40. The number of fused-ring (bicyclic) bond motifs is 2. The van der Waals surface area contributed by atoms with E-state index >= 15 is 0 Å². The Hall–Kier alpha value is -3.90. The first-order valence-electron chi connectivity index (χ1n) is 17.1. The molecule has 2 aliphatic heterocycles. The molecule has 3 unspecified atom stereocenters. The van der Waals surface area contributed by atoms with E-state index in [1.807, 2.05) is 50.3 Å². The Labute approximate surface area is 285 Å². The van der Waals surface area contributed by atoms with Crippen LogP contribution in [0.4, 0.5) is 0 Å². The second-order valence-corrected chi connectivity index (χ2v) is 14.4. The van der Waals surface area contributed by atoms with Crippen LogP contribution < -0.4 is 11.1 Å². The van der Waals surface area contributed by atoms with Gasteiger partial charge < -0.3 is 35.8 Å². The van der Waals surface area contributed by atoms with E-state index in [0.29, 0.717) is 31.3 Å². The second kappa shape index (κ2) is 13.1. The molecule has 2 saturated carbocycles. The number of hydrogen-bond acceptors (Lipinski definition) is 9. The Morgan fingerprint density at radius 2 is 1.82 bits per heavy atom. The Morgan fingerprint density at radius 1 is 1.10 bits per heavy atom. The van der Waals surface area contributed by atoms with Gasteiger partial charge in [0, 0.05) is 43.1 Å². The van der Waals surface area contributed by atoms with Gasteiger partial charge >= 0.3 is 5.97 Å². The minimum absolute atomic E-state index is 0.00880. The molecule has 1 spiro atoms. The van der Waals surface area contributed by atoms with Gasteiger partial charge in [-0.1, -0.05) is 69.0 Å². The van der Waals surface area contributed by atoms with Gasteiger partial charge in [-0.3, -0.25) is 14.4 Å². The Morgan fingerprint density at radius 3 is 2.49 bits per heavy atom. The molecule has 6 N–H and O–H groups in total. The number of amides is 2. The molecule has 11 nitrogen and oxygen atoms in total. The lowest BCUT2D eigenvalue weighted by Gasteiger charge is -2.53. The monoisotopic (exact) mass is 674 g/mol. The second-order valence-electron chi connectivity index (χ2n) is 14.4. The third kappa shape index (κ3) is 5.24. The SMILES string of the molecule is C=C1[C@@H](C)C2[C@H](Cc3ccccc3)NC(=O)[C@]23OC(=O)/C=C\C2=C(C(=O)CCC[C@@H](C)C/C=C/C3[C@@H]1O)[C@@H](OC)[C@@H]1[C@@H](O)[C@H](O)C21C(N)=O. The molecule has 12 atom stereocenters. The number of allylic oxidation sites excluding steroid dienone is 2. The number of Topliss-reactive ketones (excluding diaryl/α,β-unsaturated/α-hetero) is 1. The maximum atomic E-state index is 14.3. The maximum Gasteiger partial charge on any atom is 0.331 e. The number of nitrogens with one attached hydrogen (secondary N) is 1. The van der Waals surface area contributed by atoms with E-state index in [1.54, 1.807) is 6.08 Å². The smallest absolute Gasteiger partial charge is 0.331 e. The molecule has 3 fully saturated rings. The van der Waals surface area contributed by atoms with Gasteiger partial charge in [0.1, 0.15) is 5.41 Å². The van der Waals surface area contributed by atoms with Crippen molar-refractivity contribution >= 4 is 23.6 Å². The fourth-order valence-electron chi connectivity index (χ4n) is 9.40. The van der Waals surface area contributed by atoms with Gasteiger partial charge in [0.25, 0.3) is 5.91 Å². The van der Waals surface area contributed by atoms with Crippen molar-refractivity contribution in [2.75, 3.05) is 7.11 Å². The van der Waals surface area contributed by atoms with Crippen LogP contribution in [0.2, 0.25) is 0 Å². The standard InChI is InChI=1S/C38H46N2O9/c1-19-10-8-14-24-31(43)21(3)20(2)29-25(18-22-12-6-5-7-13-22)40-36(47)38(24,29)49-27(42)17-16-23-28(26(41)15-9-11-19)33(48-4)30-32(44)34(45)37(23,30)35(39)46/h5-8,12-14,16-17,19-20,24-25,29-34,43-45H,3,9-11,15,18H2,1-2,4H3,(H2,39,46)(H,40,47)/b14-8+,17-16-/t19-,20+,24?,25-,29?,30-,31+,32+,33+,34-,37?,38+/m0/s1. The molecule has 2 amide bonds. The van der Waals surface area contributed by atoms with Crippen molar-refractivity contribution in [2.45, 2.75) is 82.0 Å². The molecule has 262 valence electrons. The number of aliphatic hydroxyl groups is 3. The maximum absolute atomic E-state index is 14.3. The summed E-state index contributed by atoms with van der Waals surface area (Å²) < 4.78 is 11.9. The van der Waals surface area contributed by atoms with Crippen LogP contribution in [-0.2, 0) is 35.1 Å². The van der Waals surface area contributed by atoms with Crippen LogP contribution in [0.25, 0.3) is 0 Å². The number of nitrogens with two attached hydrogens (primary N) is 1. The van der Waals surface area contributed by atoms with Crippen LogP contribution in [-0.4, -0.2) is 82.1 Å². The highest BCUT2D eigenvalue weighted by molar-refractivity contribution is 6.03. The topological polar surface area (TPSA) is 185 Å². The van der Waals surface area contributed by atoms with E-state index in [9.17, 15) is 34.5 Å². The van der Waals surface area contributed by atoms with Crippen molar-refractivity contribution < 1.29 is 44.0 Å². The zero-order valence-electron chi connectivity index (χ0n) is 28.1. The van der Waals surface area contributed by atoms with Crippen LogP contribution in [0.3, 0.4) is 0 Å². The predicted octanol–water partition coefficient (Wildman–Crippen LogP) is 1.85. The Kier molecular flexibility index (Phi) is 9.34. The zero-order valence-corrected chi connectivity index (χ0v) is 28.1. The van der Waals surface area contributed by atoms with Crippen LogP contribution >= 0.6 is 0 Å². The molecular weight excluding hydrogens is 628 g/mol. The van der Waals surface area contributed by atoms with Crippen LogP contribution in [0.1, 0.15) is 45.1 Å². The third-order valence-electron chi connectivity index (χ3n) is 11.9. The molecule has 6 rings (SSSR count). The van der Waals surface area contributed by atoms with E-state index in [-0.39, 0.29) is 29.3 Å². The summed E-state index contributed by atoms with van der Waals surface area (Å²) in [5.74, 6) is -5.73. The van der Waals surface area contributed by atoms with E-state index in [2.05, 4.69) is 11.9 Å². The van der Waals surface area contributed by atoms with E-state index in [1.165, 1.54) is 13.2 Å². The number of ketones is 1. The van der Waals surface area contributed by atoms with Crippen LogP contribution in [0, 0.1) is 35.0 Å². The van der Waals surface area contributed by atoms with Crippen molar-refractivity contribution in [1.82, 2.24) is 5.32 Å². The summed E-state index contributed by atoms with van der Waals surface area (Å²) in [6.07, 6.45) is 2.89. The summed E-state index contributed by atoms with van der Waals surface area (Å²) in [6, 6.07) is 9.17. The highest BCUT2D eigenvalue weighted by Crippen LogP contribution is 2.61. The number of primary amides is 1. The number of esters is 1. The lowest BCUT2D eigenvalue weighted by molar-refractivity contribution is -0.213. The summed E-state index contributed by atoms with van der Waals surface area (Å²) in [5, 5.41) is 36.5. The van der Waals surface area contributed by atoms with Crippen molar-refractivity contribution in [3.05, 3.63) is 83.5 Å². The highest BCUT2D eigenvalue weighted by Gasteiger charge is 2.74. The Balaban J connectivity index is 1.48.